The van der Waals surface area contributed by atoms with Gasteiger partial charge in [0.1, 0.15) is 23.8 Å². The van der Waals surface area contributed by atoms with Gasteiger partial charge >= 0.3 is 0 Å². The van der Waals surface area contributed by atoms with Crippen molar-refractivity contribution in [3.63, 3.8) is 0 Å². The van der Waals surface area contributed by atoms with E-state index in [0.717, 1.165) is 66.9 Å². The molecule has 1 saturated heterocycles. The van der Waals surface area contributed by atoms with Crippen LogP contribution in [0, 0.1) is 5.92 Å². The van der Waals surface area contributed by atoms with Gasteiger partial charge in [0, 0.05) is 32.1 Å². The fourth-order valence-corrected chi connectivity index (χ4v) is 3.61. The lowest BCUT2D eigenvalue weighted by atomic mass is 10.0. The molecule has 0 amide bonds. The summed E-state index contributed by atoms with van der Waals surface area (Å²) >= 11 is 0. The van der Waals surface area contributed by atoms with Crippen LogP contribution in [-0.2, 0) is 6.42 Å². The lowest BCUT2D eigenvalue weighted by Gasteiger charge is -2.31. The van der Waals surface area contributed by atoms with Gasteiger partial charge in [-0.3, -0.25) is 0 Å². The minimum Gasteiger partial charge on any atom is -0.370 e. The number of H-pyrrole nitrogens is 1. The summed E-state index contributed by atoms with van der Waals surface area (Å²) in [4.78, 5) is 19.2. The molecular formula is C20H26N6. The van der Waals surface area contributed by atoms with Crippen LogP contribution in [0.1, 0.15) is 32.0 Å². The summed E-state index contributed by atoms with van der Waals surface area (Å²) in [6, 6.07) is 10.2. The molecule has 1 atom stereocenters. The maximum Gasteiger partial charge on any atom is 0.134 e. The van der Waals surface area contributed by atoms with Crippen LogP contribution in [0.4, 0.5) is 11.6 Å². The van der Waals surface area contributed by atoms with Gasteiger partial charge in [-0.1, -0.05) is 19.1 Å². The number of aromatic amines is 1. The first kappa shape index (κ1) is 16.8. The largest absolute Gasteiger partial charge is 0.370 e. The molecule has 1 unspecified atom stereocenters. The molecule has 6 nitrogen and oxygen atoms in total. The van der Waals surface area contributed by atoms with E-state index in [1.807, 2.05) is 18.2 Å². The third kappa shape index (κ3) is 3.95. The minimum absolute atomic E-state index is 0.735. The second-order valence-corrected chi connectivity index (χ2v) is 7.19. The second-order valence-electron chi connectivity index (χ2n) is 7.19. The predicted molar refractivity (Wildman–Crippen MR) is 106 cm³/mol. The van der Waals surface area contributed by atoms with E-state index in [1.165, 1.54) is 12.8 Å². The molecule has 2 aromatic heterocycles. The molecule has 136 valence electrons. The monoisotopic (exact) mass is 350 g/mol. The molecule has 0 aliphatic carbocycles. The van der Waals surface area contributed by atoms with E-state index in [1.54, 1.807) is 6.33 Å². The average molecular weight is 350 g/mol. The van der Waals surface area contributed by atoms with Gasteiger partial charge in [-0.25, -0.2) is 15.0 Å². The summed E-state index contributed by atoms with van der Waals surface area (Å²) in [5.74, 6) is 3.71. The zero-order chi connectivity index (χ0) is 17.8. The normalized spacial score (nSPS) is 17.6. The molecule has 3 heterocycles. The van der Waals surface area contributed by atoms with Gasteiger partial charge in [0.15, 0.2) is 0 Å². The standard InChI is InChI=1S/C20H26N6/c1-15-6-5-11-26(13-15)20-12-19(22-14-23-20)21-10-4-9-18-24-16-7-2-3-8-17(16)25-18/h2-3,7-8,12,14-15H,4-6,9-11,13H2,1H3,(H,24,25)(H,21,22,23). The summed E-state index contributed by atoms with van der Waals surface area (Å²) in [5, 5.41) is 3.42. The highest BCUT2D eigenvalue weighted by molar-refractivity contribution is 5.74. The van der Waals surface area contributed by atoms with E-state index in [0.29, 0.717) is 0 Å². The summed E-state index contributed by atoms with van der Waals surface area (Å²) < 4.78 is 0. The average Bonchev–Trinajstić information content (AvgIpc) is 3.08. The fourth-order valence-electron chi connectivity index (χ4n) is 3.61. The Bertz CT molecular complexity index is 825. The molecule has 26 heavy (non-hydrogen) atoms. The van der Waals surface area contributed by atoms with Gasteiger partial charge in [0.2, 0.25) is 0 Å². The zero-order valence-corrected chi connectivity index (χ0v) is 15.3. The zero-order valence-electron chi connectivity index (χ0n) is 15.3. The Balaban J connectivity index is 1.30. The third-order valence-corrected chi connectivity index (χ3v) is 4.97. The number of fused-ring (bicyclic) bond motifs is 1. The van der Waals surface area contributed by atoms with Crippen LogP contribution >= 0.6 is 0 Å². The van der Waals surface area contributed by atoms with Crippen LogP contribution in [0.15, 0.2) is 36.7 Å². The number of nitrogens with zero attached hydrogens (tertiary/aromatic N) is 4. The van der Waals surface area contributed by atoms with Crippen molar-refractivity contribution in [3.05, 3.63) is 42.5 Å². The maximum absolute atomic E-state index is 4.62. The van der Waals surface area contributed by atoms with Gasteiger partial charge in [0.05, 0.1) is 11.0 Å². The highest BCUT2D eigenvalue weighted by atomic mass is 15.2. The smallest absolute Gasteiger partial charge is 0.134 e. The number of hydrogen-bond donors (Lipinski definition) is 2. The van der Waals surface area contributed by atoms with E-state index in [9.17, 15) is 0 Å². The van der Waals surface area contributed by atoms with Crippen LogP contribution in [0.5, 0.6) is 0 Å². The molecular weight excluding hydrogens is 324 g/mol. The highest BCUT2D eigenvalue weighted by Crippen LogP contribution is 2.22. The van der Waals surface area contributed by atoms with Crippen molar-refractivity contribution in [2.45, 2.75) is 32.6 Å². The number of hydrogen-bond acceptors (Lipinski definition) is 5. The molecule has 0 bridgehead atoms. The van der Waals surface area contributed by atoms with E-state index in [-0.39, 0.29) is 0 Å². The molecule has 1 aliphatic rings. The number of benzene rings is 1. The van der Waals surface area contributed by atoms with E-state index in [4.69, 9.17) is 0 Å². The Labute approximate surface area is 154 Å². The van der Waals surface area contributed by atoms with E-state index in [2.05, 4.69) is 49.2 Å². The minimum atomic E-state index is 0.735. The molecule has 4 rings (SSSR count). The Kier molecular flexibility index (Phi) is 5.00. The van der Waals surface area contributed by atoms with Gasteiger partial charge in [-0.05, 0) is 37.3 Å². The second kappa shape index (κ2) is 7.72. The van der Waals surface area contributed by atoms with Gasteiger partial charge in [0.25, 0.3) is 0 Å². The Morgan fingerprint density at radius 2 is 2.19 bits per heavy atom. The molecule has 2 N–H and O–H groups in total. The van der Waals surface area contributed by atoms with Crippen molar-refractivity contribution >= 4 is 22.7 Å². The number of piperidine rings is 1. The number of rotatable bonds is 6. The van der Waals surface area contributed by atoms with Gasteiger partial charge < -0.3 is 15.2 Å². The molecule has 0 saturated carbocycles. The summed E-state index contributed by atoms with van der Waals surface area (Å²) in [6.45, 7) is 5.35. The number of para-hydroxylation sites is 2. The van der Waals surface area contributed by atoms with Crippen molar-refractivity contribution < 1.29 is 0 Å². The van der Waals surface area contributed by atoms with Gasteiger partial charge in [-0.2, -0.15) is 0 Å². The van der Waals surface area contributed by atoms with Crippen LogP contribution in [-0.4, -0.2) is 39.6 Å². The van der Waals surface area contributed by atoms with Crippen LogP contribution in [0.2, 0.25) is 0 Å². The first-order chi connectivity index (χ1) is 12.8. The molecule has 6 heteroatoms. The number of aryl methyl sites for hydroxylation is 1. The third-order valence-electron chi connectivity index (χ3n) is 4.97. The molecule has 1 fully saturated rings. The Morgan fingerprint density at radius 3 is 3.08 bits per heavy atom. The lowest BCUT2D eigenvalue weighted by Crippen LogP contribution is -2.34. The Hall–Kier alpha value is -2.63. The SMILES string of the molecule is CC1CCCN(c2cc(NCCCc3nc4ccccc4[nH]3)ncn2)C1. The summed E-state index contributed by atoms with van der Waals surface area (Å²) in [7, 11) is 0. The van der Waals surface area contributed by atoms with Gasteiger partial charge in [-0.15, -0.1) is 0 Å². The molecule has 0 radical (unpaired) electrons. The number of aromatic nitrogens is 4. The molecule has 0 spiro atoms. The lowest BCUT2D eigenvalue weighted by molar-refractivity contribution is 0.444. The first-order valence-corrected chi connectivity index (χ1v) is 9.52. The highest BCUT2D eigenvalue weighted by Gasteiger charge is 2.17. The number of imidazole rings is 1. The van der Waals surface area contributed by atoms with Crippen molar-refractivity contribution in [2.24, 2.45) is 5.92 Å². The van der Waals surface area contributed by atoms with Crippen molar-refractivity contribution in [3.8, 4) is 0 Å². The quantitative estimate of drug-likeness (QED) is 0.664. The van der Waals surface area contributed by atoms with Crippen LogP contribution < -0.4 is 10.2 Å². The topological polar surface area (TPSA) is 69.7 Å². The summed E-state index contributed by atoms with van der Waals surface area (Å²) in [5.41, 5.74) is 2.14. The molecule has 3 aromatic rings. The van der Waals surface area contributed by atoms with E-state index >= 15 is 0 Å². The maximum atomic E-state index is 4.62. The number of nitrogens with one attached hydrogen (secondary N) is 2. The van der Waals surface area contributed by atoms with Crippen molar-refractivity contribution in [1.29, 1.82) is 0 Å². The van der Waals surface area contributed by atoms with Crippen molar-refractivity contribution in [2.75, 3.05) is 29.9 Å². The van der Waals surface area contributed by atoms with E-state index < -0.39 is 0 Å². The molecule has 1 aromatic carbocycles. The number of anilines is 2. The fraction of sp³-hybridized carbons (Fsp3) is 0.450. The predicted octanol–water partition coefficient (Wildman–Crippen LogP) is 3.63. The Morgan fingerprint density at radius 1 is 1.27 bits per heavy atom. The van der Waals surface area contributed by atoms with Crippen LogP contribution in [0.3, 0.4) is 0 Å². The summed E-state index contributed by atoms with van der Waals surface area (Å²) in [6.07, 6.45) is 6.14. The van der Waals surface area contributed by atoms with Crippen LogP contribution in [0.25, 0.3) is 11.0 Å². The first-order valence-electron chi connectivity index (χ1n) is 9.52. The van der Waals surface area contributed by atoms with Crippen molar-refractivity contribution in [1.82, 2.24) is 19.9 Å². The molecule has 1 aliphatic heterocycles.